The van der Waals surface area contributed by atoms with Crippen molar-refractivity contribution in [3.8, 4) is 0 Å². The van der Waals surface area contributed by atoms with Crippen LogP contribution in [-0.2, 0) is 19.0 Å². The number of hydrogen-bond acceptors (Lipinski definition) is 12. The van der Waals surface area contributed by atoms with Crippen LogP contribution in [-0.4, -0.2) is 120 Å². The number of ether oxygens (including phenoxy) is 3. The Morgan fingerprint density at radius 2 is 1.76 bits per heavy atom. The van der Waals surface area contributed by atoms with Crippen LogP contribution in [0.1, 0.15) is 58.8 Å². The molecule has 0 bridgehead atoms. The number of carbonyl (C=O) groups is 1. The van der Waals surface area contributed by atoms with E-state index in [2.05, 4.69) is 0 Å². The molecular weight excluding hydrogens is 540 g/mol. The standard InChI is InChI=1S/C29H44O12/c1-13-22(34)23(35)24(36)25(40-13)41-15-8-19(32)28(12-30)21-17(3-5-27(28,37)9-15)29(38)6-4-16(14-7-20(33)39-11-14)26(29,2)10-18(21)31/h7,13,15-19,21-25,30-32,34-38H,3-6,8-12H2,1-2H3/t13-,15-,16+,17-,18-,19+,21-,22-,23+,24-,25+,26+,27+,28+,29+/m0/s1. The number of cyclic esters (lactones) is 1. The lowest BCUT2D eigenvalue weighted by molar-refractivity contribution is -0.342. The number of aliphatic hydroxyl groups is 8. The minimum atomic E-state index is -1.67. The Balaban J connectivity index is 1.28. The molecule has 0 radical (unpaired) electrons. The summed E-state index contributed by atoms with van der Waals surface area (Å²) in [7, 11) is 0. The minimum Gasteiger partial charge on any atom is -0.458 e. The molecule has 0 spiro atoms. The van der Waals surface area contributed by atoms with Crippen molar-refractivity contribution in [2.45, 2.75) is 119 Å². The lowest BCUT2D eigenvalue weighted by atomic mass is 9.40. The maximum atomic E-state index is 12.4. The van der Waals surface area contributed by atoms with Gasteiger partial charge in [0.25, 0.3) is 0 Å². The molecule has 2 aliphatic heterocycles. The number of hydrogen-bond donors (Lipinski definition) is 8. The zero-order valence-electron chi connectivity index (χ0n) is 23.5. The molecule has 0 amide bonds. The van der Waals surface area contributed by atoms with Crippen LogP contribution in [0.4, 0.5) is 0 Å². The van der Waals surface area contributed by atoms with E-state index >= 15 is 0 Å². The van der Waals surface area contributed by atoms with Crippen LogP contribution in [0, 0.1) is 28.6 Å². The number of esters is 1. The predicted octanol–water partition coefficient (Wildman–Crippen LogP) is -1.51. The number of fused-ring (bicyclic) bond motifs is 5. The van der Waals surface area contributed by atoms with Gasteiger partial charge in [-0.15, -0.1) is 0 Å². The van der Waals surface area contributed by atoms with Crippen molar-refractivity contribution < 1.29 is 59.9 Å². The first-order valence-electron chi connectivity index (χ1n) is 14.9. The topological polar surface area (TPSA) is 207 Å². The Morgan fingerprint density at radius 3 is 2.41 bits per heavy atom. The summed E-state index contributed by atoms with van der Waals surface area (Å²) < 4.78 is 16.7. The summed E-state index contributed by atoms with van der Waals surface area (Å²) in [6.07, 6.45) is -6.68. The van der Waals surface area contributed by atoms with Crippen molar-refractivity contribution in [1.29, 1.82) is 0 Å². The highest BCUT2D eigenvalue weighted by atomic mass is 16.7. The highest BCUT2D eigenvalue weighted by Crippen LogP contribution is 2.70. The second-order valence-electron chi connectivity index (χ2n) is 13.8. The molecule has 232 valence electrons. The molecular formula is C29H44O12. The van der Waals surface area contributed by atoms with Gasteiger partial charge in [0.2, 0.25) is 0 Å². The molecule has 0 aromatic heterocycles. The molecule has 12 heteroatoms. The van der Waals surface area contributed by atoms with Crippen molar-refractivity contribution >= 4 is 5.97 Å². The molecule has 6 aliphatic rings. The van der Waals surface area contributed by atoms with Crippen LogP contribution in [0.2, 0.25) is 0 Å². The van der Waals surface area contributed by atoms with E-state index in [1.54, 1.807) is 0 Å². The largest absolute Gasteiger partial charge is 0.458 e. The van der Waals surface area contributed by atoms with Crippen molar-refractivity contribution in [3.05, 3.63) is 11.6 Å². The Labute approximate surface area is 238 Å². The highest BCUT2D eigenvalue weighted by molar-refractivity contribution is 5.85. The fourth-order valence-corrected chi connectivity index (χ4v) is 10.1. The van der Waals surface area contributed by atoms with E-state index in [9.17, 15) is 45.6 Å². The molecule has 5 fully saturated rings. The SMILES string of the molecule is C[C@@H]1O[C@H](O[C@H]2C[C@@H](O)[C@]3(CO)[C@@H]4[C@@H](O)C[C@]5(C)[C@@H](C6=CC(=O)OC6)CC[C@@]5(O)[C@H]4CC[C@@]3(O)C2)[C@@H](O)[C@H](O)[C@H]1O. The molecule has 4 saturated carbocycles. The highest BCUT2D eigenvalue weighted by Gasteiger charge is 2.75. The quantitative estimate of drug-likeness (QED) is 0.140. The summed E-state index contributed by atoms with van der Waals surface area (Å²) >= 11 is 0. The number of carbonyl (C=O) groups excluding carboxylic acids is 1. The van der Waals surface area contributed by atoms with Gasteiger partial charge in [0.15, 0.2) is 6.29 Å². The van der Waals surface area contributed by atoms with Crippen LogP contribution in [0.25, 0.3) is 0 Å². The summed E-state index contributed by atoms with van der Waals surface area (Å²) in [5.41, 5.74) is -4.46. The van der Waals surface area contributed by atoms with Gasteiger partial charge >= 0.3 is 5.97 Å². The van der Waals surface area contributed by atoms with Crippen LogP contribution in [0.5, 0.6) is 0 Å². The minimum absolute atomic E-state index is 0.0369. The molecule has 12 nitrogen and oxygen atoms in total. The molecule has 1 saturated heterocycles. The van der Waals surface area contributed by atoms with Crippen LogP contribution >= 0.6 is 0 Å². The van der Waals surface area contributed by atoms with Gasteiger partial charge in [-0.1, -0.05) is 6.92 Å². The third kappa shape index (κ3) is 3.99. The number of rotatable bonds is 4. The summed E-state index contributed by atoms with van der Waals surface area (Å²) in [5.74, 6) is -1.93. The lowest BCUT2D eigenvalue weighted by Crippen LogP contribution is -2.76. The Hall–Kier alpha value is -1.19. The van der Waals surface area contributed by atoms with E-state index in [1.165, 1.54) is 13.0 Å². The molecule has 0 unspecified atom stereocenters. The maximum Gasteiger partial charge on any atom is 0.331 e. The van der Waals surface area contributed by atoms with E-state index in [0.29, 0.717) is 19.3 Å². The van der Waals surface area contributed by atoms with Gasteiger partial charge in [-0.3, -0.25) is 0 Å². The van der Waals surface area contributed by atoms with Crippen molar-refractivity contribution in [2.24, 2.45) is 28.6 Å². The average molecular weight is 585 g/mol. The normalized spacial score (nSPS) is 56.9. The van der Waals surface area contributed by atoms with Crippen molar-refractivity contribution in [2.75, 3.05) is 13.2 Å². The van der Waals surface area contributed by atoms with Gasteiger partial charge in [-0.25, -0.2) is 4.79 Å². The fraction of sp³-hybridized carbons (Fsp3) is 0.897. The molecule has 0 aromatic carbocycles. The summed E-state index contributed by atoms with van der Waals surface area (Å²) in [5, 5.41) is 89.6. The molecule has 15 atom stereocenters. The van der Waals surface area contributed by atoms with Crippen LogP contribution in [0.15, 0.2) is 11.6 Å². The van der Waals surface area contributed by atoms with Gasteiger partial charge in [-0.05, 0) is 56.4 Å². The summed E-state index contributed by atoms with van der Waals surface area (Å²) in [6, 6.07) is 0. The molecule has 6 rings (SSSR count). The van der Waals surface area contributed by atoms with E-state index in [0.717, 1.165) is 5.57 Å². The van der Waals surface area contributed by atoms with Gasteiger partial charge in [0, 0.05) is 30.3 Å². The van der Waals surface area contributed by atoms with Crippen molar-refractivity contribution in [1.82, 2.24) is 0 Å². The molecule has 4 aliphatic carbocycles. The first kappa shape index (κ1) is 29.9. The van der Waals surface area contributed by atoms with Gasteiger partial charge in [-0.2, -0.15) is 0 Å². The van der Waals surface area contributed by atoms with E-state index < -0.39 is 95.5 Å². The molecule has 2 heterocycles. The third-order valence-corrected chi connectivity index (χ3v) is 12.2. The zero-order valence-corrected chi connectivity index (χ0v) is 23.5. The Kier molecular flexibility index (Phi) is 7.22. The average Bonchev–Trinajstić information content (AvgIpc) is 3.45. The first-order chi connectivity index (χ1) is 19.2. The van der Waals surface area contributed by atoms with E-state index in [1.807, 2.05) is 6.92 Å². The third-order valence-electron chi connectivity index (χ3n) is 12.2. The molecule has 8 N–H and O–H groups in total. The van der Waals surface area contributed by atoms with Gasteiger partial charge in [0.05, 0.1) is 47.6 Å². The smallest absolute Gasteiger partial charge is 0.331 e. The van der Waals surface area contributed by atoms with E-state index in [-0.39, 0.29) is 38.2 Å². The molecule has 0 aromatic rings. The van der Waals surface area contributed by atoms with E-state index in [4.69, 9.17) is 14.2 Å². The van der Waals surface area contributed by atoms with Gasteiger partial charge < -0.3 is 55.1 Å². The number of aliphatic hydroxyl groups excluding tert-OH is 6. The Morgan fingerprint density at radius 1 is 1.02 bits per heavy atom. The van der Waals surface area contributed by atoms with Crippen LogP contribution in [0.3, 0.4) is 0 Å². The first-order valence-corrected chi connectivity index (χ1v) is 14.9. The Bertz CT molecular complexity index is 1080. The molecule has 41 heavy (non-hydrogen) atoms. The zero-order chi connectivity index (χ0) is 29.7. The summed E-state index contributed by atoms with van der Waals surface area (Å²) in [6.45, 7) is 3.00. The second kappa shape index (κ2) is 9.91. The van der Waals surface area contributed by atoms with Crippen molar-refractivity contribution in [3.63, 3.8) is 0 Å². The fourth-order valence-electron chi connectivity index (χ4n) is 10.1. The predicted molar refractivity (Wildman–Crippen MR) is 139 cm³/mol. The monoisotopic (exact) mass is 584 g/mol. The van der Waals surface area contributed by atoms with Crippen LogP contribution < -0.4 is 0 Å². The summed E-state index contributed by atoms with van der Waals surface area (Å²) in [4.78, 5) is 11.8. The second-order valence-corrected chi connectivity index (χ2v) is 13.8. The maximum absolute atomic E-state index is 12.4. The van der Waals surface area contributed by atoms with Gasteiger partial charge in [0.1, 0.15) is 24.9 Å². The lowest BCUT2D eigenvalue weighted by Gasteiger charge is -2.68.